The standard InChI is InChI=1S/C20H19Cl2N3O2S/c1-20(2)7-12-15(13(26)8-20)14(9-4-5-10(21)11(22)6-9)16-17(23-12)24-19(28-3)25-18(16)27/h4-6,14H,7-8H2,1-3H3,(H2,23,24,25,27)/t14-/m1/s1. The Kier molecular flexibility index (Phi) is 4.84. The molecule has 1 aliphatic heterocycles. The Labute approximate surface area is 176 Å². The minimum atomic E-state index is -0.531. The SMILES string of the molecule is CSc1nc2c(c(=O)[nH]1)[C@H](c1ccc(Cl)c(Cl)c1)C1=C(CC(C)(C)CC1=O)N2. The number of carbonyl (C=O) groups is 1. The number of allylic oxidation sites excluding steroid dienone is 2. The number of hydrogen-bond acceptors (Lipinski definition) is 5. The lowest BCUT2D eigenvalue weighted by Gasteiger charge is -2.38. The van der Waals surface area contributed by atoms with Crippen LogP contribution >= 0.6 is 35.0 Å². The highest BCUT2D eigenvalue weighted by atomic mass is 35.5. The molecule has 2 aromatic rings. The van der Waals surface area contributed by atoms with Crippen molar-refractivity contribution in [3.63, 3.8) is 0 Å². The van der Waals surface area contributed by atoms with Crippen LogP contribution in [-0.4, -0.2) is 22.0 Å². The van der Waals surface area contributed by atoms with Crippen molar-refractivity contribution in [1.29, 1.82) is 0 Å². The Bertz CT molecular complexity index is 1090. The summed E-state index contributed by atoms with van der Waals surface area (Å²) in [4.78, 5) is 33.4. The monoisotopic (exact) mass is 435 g/mol. The van der Waals surface area contributed by atoms with Crippen LogP contribution < -0.4 is 10.9 Å². The maximum atomic E-state index is 13.1. The third kappa shape index (κ3) is 3.27. The summed E-state index contributed by atoms with van der Waals surface area (Å²) in [6, 6.07) is 5.23. The number of ketones is 1. The number of fused-ring (bicyclic) bond motifs is 1. The molecule has 0 amide bonds. The number of carbonyl (C=O) groups excluding carboxylic acids is 1. The summed E-state index contributed by atoms with van der Waals surface area (Å²) >= 11 is 13.7. The van der Waals surface area contributed by atoms with Gasteiger partial charge in [0, 0.05) is 23.6 Å². The Hall–Kier alpha value is -1.76. The number of thioether (sulfide) groups is 1. The fraction of sp³-hybridized carbons (Fsp3) is 0.350. The average molecular weight is 436 g/mol. The molecule has 0 fully saturated rings. The van der Waals surface area contributed by atoms with Crippen molar-refractivity contribution >= 4 is 46.6 Å². The van der Waals surface area contributed by atoms with Crippen LogP contribution in [0, 0.1) is 5.41 Å². The molecule has 2 heterocycles. The molecular weight excluding hydrogens is 417 g/mol. The zero-order valence-corrected chi connectivity index (χ0v) is 18.0. The first kappa shape index (κ1) is 19.6. The van der Waals surface area contributed by atoms with Crippen LogP contribution in [-0.2, 0) is 4.79 Å². The molecule has 0 spiro atoms. The number of anilines is 1. The summed E-state index contributed by atoms with van der Waals surface area (Å²) in [6.45, 7) is 4.14. The van der Waals surface area contributed by atoms with E-state index in [9.17, 15) is 9.59 Å². The van der Waals surface area contributed by atoms with E-state index in [0.29, 0.717) is 45.0 Å². The van der Waals surface area contributed by atoms with E-state index in [1.165, 1.54) is 11.8 Å². The first-order valence-corrected chi connectivity index (χ1v) is 10.8. The zero-order chi connectivity index (χ0) is 20.2. The van der Waals surface area contributed by atoms with Crippen LogP contribution in [0.25, 0.3) is 0 Å². The van der Waals surface area contributed by atoms with E-state index in [1.807, 2.05) is 12.3 Å². The van der Waals surface area contributed by atoms with Crippen molar-refractivity contribution in [2.24, 2.45) is 5.41 Å². The highest BCUT2D eigenvalue weighted by Crippen LogP contribution is 2.48. The van der Waals surface area contributed by atoms with Crippen LogP contribution in [0.3, 0.4) is 0 Å². The van der Waals surface area contributed by atoms with E-state index in [1.54, 1.807) is 12.1 Å². The van der Waals surface area contributed by atoms with Gasteiger partial charge < -0.3 is 10.3 Å². The second-order valence-corrected chi connectivity index (χ2v) is 9.51. The van der Waals surface area contributed by atoms with Crippen molar-refractivity contribution in [2.45, 2.75) is 37.8 Å². The number of rotatable bonds is 2. The molecule has 0 saturated heterocycles. The summed E-state index contributed by atoms with van der Waals surface area (Å²) in [5.41, 5.74) is 2.21. The van der Waals surface area contributed by atoms with E-state index in [2.05, 4.69) is 29.1 Å². The predicted octanol–water partition coefficient (Wildman–Crippen LogP) is 5.00. The van der Waals surface area contributed by atoms with Gasteiger partial charge in [-0.1, -0.05) is 54.9 Å². The Morgan fingerprint density at radius 3 is 2.61 bits per heavy atom. The third-order valence-electron chi connectivity index (χ3n) is 5.17. The molecule has 146 valence electrons. The highest BCUT2D eigenvalue weighted by Gasteiger charge is 2.42. The average Bonchev–Trinajstić information content (AvgIpc) is 2.61. The van der Waals surface area contributed by atoms with Crippen molar-refractivity contribution < 1.29 is 4.79 Å². The predicted molar refractivity (Wildman–Crippen MR) is 114 cm³/mol. The first-order valence-electron chi connectivity index (χ1n) is 8.86. The van der Waals surface area contributed by atoms with E-state index < -0.39 is 5.92 Å². The molecule has 4 rings (SSSR count). The fourth-order valence-electron chi connectivity index (χ4n) is 4.02. The number of benzene rings is 1. The topological polar surface area (TPSA) is 74.8 Å². The highest BCUT2D eigenvalue weighted by molar-refractivity contribution is 7.98. The molecule has 0 radical (unpaired) electrons. The summed E-state index contributed by atoms with van der Waals surface area (Å²) < 4.78 is 0. The molecule has 8 heteroatoms. The van der Waals surface area contributed by atoms with Gasteiger partial charge in [0.1, 0.15) is 5.82 Å². The van der Waals surface area contributed by atoms with Crippen LogP contribution in [0.5, 0.6) is 0 Å². The maximum absolute atomic E-state index is 13.1. The zero-order valence-electron chi connectivity index (χ0n) is 15.7. The van der Waals surface area contributed by atoms with E-state index in [4.69, 9.17) is 23.2 Å². The summed E-state index contributed by atoms with van der Waals surface area (Å²) in [7, 11) is 0. The lowest BCUT2D eigenvalue weighted by Crippen LogP contribution is -2.37. The normalized spacial score (nSPS) is 20.5. The lowest BCUT2D eigenvalue weighted by atomic mass is 9.69. The van der Waals surface area contributed by atoms with E-state index in [-0.39, 0.29) is 16.8 Å². The van der Waals surface area contributed by atoms with Crippen LogP contribution in [0.1, 0.15) is 43.7 Å². The van der Waals surface area contributed by atoms with Crippen LogP contribution in [0.2, 0.25) is 10.0 Å². The number of aromatic nitrogens is 2. The maximum Gasteiger partial charge on any atom is 0.257 e. The number of Topliss-reactive ketones (excluding diaryl/α,β-unsaturated/α-hetero) is 1. The van der Waals surface area contributed by atoms with Crippen molar-refractivity contribution in [1.82, 2.24) is 9.97 Å². The minimum Gasteiger partial charge on any atom is -0.343 e. The molecule has 0 saturated carbocycles. The quantitative estimate of drug-likeness (QED) is 0.512. The number of H-pyrrole nitrogens is 1. The first-order chi connectivity index (χ1) is 13.2. The third-order valence-corrected chi connectivity index (χ3v) is 6.49. The van der Waals surface area contributed by atoms with Crippen molar-refractivity contribution in [2.75, 3.05) is 11.6 Å². The van der Waals surface area contributed by atoms with Crippen molar-refractivity contribution in [3.05, 3.63) is 61.0 Å². The van der Waals surface area contributed by atoms with Gasteiger partial charge >= 0.3 is 0 Å². The Balaban J connectivity index is 1.99. The molecule has 1 aromatic carbocycles. The van der Waals surface area contributed by atoms with Gasteiger partial charge in [-0.05, 0) is 35.8 Å². The molecule has 28 heavy (non-hydrogen) atoms. The van der Waals surface area contributed by atoms with Gasteiger partial charge in [-0.2, -0.15) is 0 Å². The number of nitrogens with one attached hydrogen (secondary N) is 2. The second kappa shape index (κ2) is 6.94. The second-order valence-electron chi connectivity index (χ2n) is 7.90. The molecule has 0 unspecified atom stereocenters. The number of hydrogen-bond donors (Lipinski definition) is 2. The number of nitrogens with zero attached hydrogens (tertiary/aromatic N) is 1. The molecule has 0 bridgehead atoms. The summed E-state index contributed by atoms with van der Waals surface area (Å²) in [6.07, 6.45) is 2.98. The molecule has 1 atom stereocenters. The minimum absolute atomic E-state index is 0.0359. The molecule has 2 aliphatic rings. The fourth-order valence-corrected chi connectivity index (χ4v) is 4.70. The molecular formula is C20H19Cl2N3O2S. The summed E-state index contributed by atoms with van der Waals surface area (Å²) in [5.74, 6) is -0.000916. The summed E-state index contributed by atoms with van der Waals surface area (Å²) in [5, 5.41) is 4.61. The molecule has 5 nitrogen and oxygen atoms in total. The Morgan fingerprint density at radius 2 is 1.93 bits per heavy atom. The lowest BCUT2D eigenvalue weighted by molar-refractivity contribution is -0.118. The van der Waals surface area contributed by atoms with Gasteiger partial charge in [-0.3, -0.25) is 9.59 Å². The largest absolute Gasteiger partial charge is 0.343 e. The molecule has 2 N–H and O–H groups in total. The van der Waals surface area contributed by atoms with Gasteiger partial charge in [0.05, 0.1) is 15.6 Å². The number of halogens is 2. The smallest absolute Gasteiger partial charge is 0.257 e. The van der Waals surface area contributed by atoms with Gasteiger partial charge in [0.15, 0.2) is 10.9 Å². The van der Waals surface area contributed by atoms with Gasteiger partial charge in [-0.15, -0.1) is 0 Å². The van der Waals surface area contributed by atoms with Gasteiger partial charge in [0.2, 0.25) is 0 Å². The van der Waals surface area contributed by atoms with Crippen molar-refractivity contribution in [3.8, 4) is 0 Å². The van der Waals surface area contributed by atoms with Gasteiger partial charge in [-0.25, -0.2) is 4.98 Å². The van der Waals surface area contributed by atoms with Crippen LogP contribution in [0.4, 0.5) is 5.82 Å². The van der Waals surface area contributed by atoms with Crippen LogP contribution in [0.15, 0.2) is 39.4 Å². The number of aromatic amines is 1. The molecule has 1 aliphatic carbocycles. The van der Waals surface area contributed by atoms with E-state index in [0.717, 1.165) is 11.3 Å². The molecule has 1 aromatic heterocycles. The Morgan fingerprint density at radius 1 is 1.18 bits per heavy atom. The van der Waals surface area contributed by atoms with Gasteiger partial charge in [0.25, 0.3) is 5.56 Å². The van der Waals surface area contributed by atoms with E-state index >= 15 is 0 Å².